The van der Waals surface area contributed by atoms with Gasteiger partial charge in [0.1, 0.15) is 11.1 Å². The van der Waals surface area contributed by atoms with Crippen molar-refractivity contribution in [3.05, 3.63) is 37.4 Å². The van der Waals surface area contributed by atoms with Crippen molar-refractivity contribution >= 4 is 38.6 Å². The molecule has 0 aromatic carbocycles. The molecular formula is C12H13BrN2OS2. The van der Waals surface area contributed by atoms with Crippen molar-refractivity contribution in [3.8, 4) is 0 Å². The molecule has 0 radical (unpaired) electrons. The first kappa shape index (κ1) is 12.7. The second kappa shape index (κ2) is 5.79. The van der Waals surface area contributed by atoms with E-state index in [1.165, 1.54) is 9.35 Å². The molecule has 2 aromatic rings. The molecule has 0 unspecified atom stereocenters. The van der Waals surface area contributed by atoms with Crippen LogP contribution in [0.1, 0.15) is 16.7 Å². The van der Waals surface area contributed by atoms with Crippen LogP contribution in [0, 0.1) is 0 Å². The van der Waals surface area contributed by atoms with Gasteiger partial charge in [-0.3, -0.25) is 4.90 Å². The van der Waals surface area contributed by atoms with Crippen LogP contribution >= 0.6 is 38.6 Å². The third-order valence-corrected chi connectivity index (χ3v) is 5.33. The predicted molar refractivity (Wildman–Crippen MR) is 78.1 cm³/mol. The highest BCUT2D eigenvalue weighted by molar-refractivity contribution is 9.11. The molecule has 18 heavy (non-hydrogen) atoms. The zero-order chi connectivity index (χ0) is 12.4. The van der Waals surface area contributed by atoms with Gasteiger partial charge in [0, 0.05) is 31.2 Å². The van der Waals surface area contributed by atoms with Gasteiger partial charge in [0.05, 0.1) is 10.4 Å². The average molecular weight is 345 g/mol. The number of morpholine rings is 1. The maximum absolute atomic E-state index is 5.80. The van der Waals surface area contributed by atoms with Gasteiger partial charge in [-0.25, -0.2) is 4.98 Å². The molecule has 1 fully saturated rings. The number of halogens is 1. The van der Waals surface area contributed by atoms with Crippen molar-refractivity contribution in [2.45, 2.75) is 12.6 Å². The minimum Gasteiger partial charge on any atom is -0.368 e. The largest absolute Gasteiger partial charge is 0.368 e. The number of hydrogen-bond donors (Lipinski definition) is 0. The molecule has 3 nitrogen and oxygen atoms in total. The summed E-state index contributed by atoms with van der Waals surface area (Å²) < 4.78 is 6.99. The Morgan fingerprint density at radius 2 is 2.44 bits per heavy atom. The molecule has 0 saturated carbocycles. The summed E-state index contributed by atoms with van der Waals surface area (Å²) in [6.07, 6.45) is 1.99. The van der Waals surface area contributed by atoms with Gasteiger partial charge in [0.25, 0.3) is 0 Å². The first-order valence-corrected chi connectivity index (χ1v) is 8.33. The van der Waals surface area contributed by atoms with Crippen LogP contribution in [-0.2, 0) is 11.3 Å². The number of thiophene rings is 1. The van der Waals surface area contributed by atoms with Crippen molar-refractivity contribution < 1.29 is 4.74 Å². The summed E-state index contributed by atoms with van der Waals surface area (Å²) >= 11 is 6.92. The number of ether oxygens (including phenoxy) is 1. The van der Waals surface area contributed by atoms with E-state index < -0.39 is 0 Å². The van der Waals surface area contributed by atoms with Crippen LogP contribution in [0.5, 0.6) is 0 Å². The second-order valence-corrected chi connectivity index (χ2v) is 7.44. The summed E-state index contributed by atoms with van der Waals surface area (Å²) in [7, 11) is 0. The first-order chi connectivity index (χ1) is 8.81. The highest BCUT2D eigenvalue weighted by Gasteiger charge is 2.23. The molecule has 0 N–H and O–H groups in total. The molecule has 1 aliphatic rings. The van der Waals surface area contributed by atoms with Crippen LogP contribution in [0.2, 0.25) is 0 Å². The average Bonchev–Trinajstić information content (AvgIpc) is 3.01. The van der Waals surface area contributed by atoms with Gasteiger partial charge in [-0.1, -0.05) is 0 Å². The molecule has 96 valence electrons. The highest BCUT2D eigenvalue weighted by Crippen LogP contribution is 2.26. The van der Waals surface area contributed by atoms with Gasteiger partial charge in [0.15, 0.2) is 0 Å². The van der Waals surface area contributed by atoms with Gasteiger partial charge < -0.3 is 4.74 Å². The van der Waals surface area contributed by atoms with E-state index in [1.807, 2.05) is 11.6 Å². The number of nitrogens with zero attached hydrogens (tertiary/aromatic N) is 2. The van der Waals surface area contributed by atoms with Crippen LogP contribution < -0.4 is 0 Å². The number of rotatable bonds is 3. The van der Waals surface area contributed by atoms with Crippen LogP contribution in [0.4, 0.5) is 0 Å². The van der Waals surface area contributed by atoms with E-state index in [1.54, 1.807) is 22.7 Å². The lowest BCUT2D eigenvalue weighted by atomic mass is 10.2. The maximum atomic E-state index is 5.80. The van der Waals surface area contributed by atoms with Gasteiger partial charge in [-0.05, 0) is 32.9 Å². The minimum absolute atomic E-state index is 0.140. The Hall–Kier alpha value is -0.270. The number of thiazole rings is 1. The van der Waals surface area contributed by atoms with Crippen molar-refractivity contribution in [3.63, 3.8) is 0 Å². The Morgan fingerprint density at radius 3 is 3.17 bits per heavy atom. The van der Waals surface area contributed by atoms with Crippen molar-refractivity contribution in [1.29, 1.82) is 0 Å². The van der Waals surface area contributed by atoms with Gasteiger partial charge in [-0.2, -0.15) is 0 Å². The smallest absolute Gasteiger partial charge is 0.123 e. The van der Waals surface area contributed by atoms with Gasteiger partial charge >= 0.3 is 0 Å². The third-order valence-electron chi connectivity index (χ3n) is 2.91. The molecule has 0 spiro atoms. The lowest BCUT2D eigenvalue weighted by molar-refractivity contribution is -0.0329. The molecule has 1 saturated heterocycles. The van der Waals surface area contributed by atoms with E-state index >= 15 is 0 Å². The van der Waals surface area contributed by atoms with E-state index in [0.717, 1.165) is 31.2 Å². The van der Waals surface area contributed by atoms with Gasteiger partial charge in [0.2, 0.25) is 0 Å². The normalized spacial score (nSPS) is 21.3. The maximum Gasteiger partial charge on any atom is 0.123 e. The zero-order valence-electron chi connectivity index (χ0n) is 9.71. The predicted octanol–water partition coefficient (Wildman–Crippen LogP) is 3.54. The summed E-state index contributed by atoms with van der Waals surface area (Å²) in [5, 5.41) is 5.30. The molecule has 3 rings (SSSR count). The summed E-state index contributed by atoms with van der Waals surface area (Å²) in [6, 6.07) is 2.19. The Labute approximate surface area is 123 Å². The standard InChI is InChI=1S/C12H13BrN2OS2/c13-11-5-9(8-18-11)6-15-2-3-16-10(7-15)12-14-1-4-17-12/h1,4-5,8,10H,2-3,6-7H2/t10-/m1/s1. The molecular weight excluding hydrogens is 332 g/mol. The van der Waals surface area contributed by atoms with E-state index in [2.05, 4.69) is 37.3 Å². The second-order valence-electron chi connectivity index (χ2n) is 4.22. The molecule has 0 aliphatic carbocycles. The molecule has 0 bridgehead atoms. The molecule has 0 amide bonds. The Kier molecular flexibility index (Phi) is 4.10. The minimum atomic E-state index is 0.140. The van der Waals surface area contributed by atoms with Crippen molar-refractivity contribution in [1.82, 2.24) is 9.88 Å². The Morgan fingerprint density at radius 1 is 1.50 bits per heavy atom. The van der Waals surface area contributed by atoms with Crippen molar-refractivity contribution in [2.75, 3.05) is 19.7 Å². The molecule has 6 heteroatoms. The Balaban J connectivity index is 1.63. The number of aromatic nitrogens is 1. The Bertz CT molecular complexity index is 500. The zero-order valence-corrected chi connectivity index (χ0v) is 12.9. The fourth-order valence-corrected chi connectivity index (χ4v) is 3.95. The van der Waals surface area contributed by atoms with Gasteiger partial charge in [-0.15, -0.1) is 22.7 Å². The topological polar surface area (TPSA) is 25.4 Å². The highest BCUT2D eigenvalue weighted by atomic mass is 79.9. The molecule has 1 aliphatic heterocycles. The fourth-order valence-electron chi connectivity index (χ4n) is 2.08. The summed E-state index contributed by atoms with van der Waals surface area (Å²) in [6.45, 7) is 3.71. The molecule has 3 heterocycles. The summed E-state index contributed by atoms with van der Waals surface area (Å²) in [5.41, 5.74) is 1.37. The molecule has 1 atom stereocenters. The van der Waals surface area contributed by atoms with Crippen LogP contribution in [0.15, 0.2) is 26.8 Å². The summed E-state index contributed by atoms with van der Waals surface area (Å²) in [5.74, 6) is 0. The SMILES string of the molecule is Brc1cc(CN2CCO[C@@H](c3nccs3)C2)cs1. The third kappa shape index (κ3) is 3.00. The summed E-state index contributed by atoms with van der Waals surface area (Å²) in [4.78, 5) is 6.78. The van der Waals surface area contributed by atoms with Crippen LogP contribution in [0.25, 0.3) is 0 Å². The monoisotopic (exact) mass is 344 g/mol. The fraction of sp³-hybridized carbons (Fsp3) is 0.417. The number of hydrogen-bond acceptors (Lipinski definition) is 5. The quantitative estimate of drug-likeness (QED) is 0.851. The van der Waals surface area contributed by atoms with Crippen molar-refractivity contribution in [2.24, 2.45) is 0 Å². The van der Waals surface area contributed by atoms with E-state index in [4.69, 9.17) is 4.74 Å². The lowest BCUT2D eigenvalue weighted by Crippen LogP contribution is -2.37. The first-order valence-electron chi connectivity index (χ1n) is 5.77. The van der Waals surface area contributed by atoms with Crippen LogP contribution in [-0.4, -0.2) is 29.6 Å². The van der Waals surface area contributed by atoms with Crippen LogP contribution in [0.3, 0.4) is 0 Å². The van der Waals surface area contributed by atoms with E-state index in [-0.39, 0.29) is 6.10 Å². The van der Waals surface area contributed by atoms with E-state index in [9.17, 15) is 0 Å². The van der Waals surface area contributed by atoms with E-state index in [0.29, 0.717) is 0 Å². The lowest BCUT2D eigenvalue weighted by Gasteiger charge is -2.31. The molecule has 2 aromatic heterocycles.